The second-order valence-corrected chi connectivity index (χ2v) is 8.05. The van der Waals surface area contributed by atoms with Crippen LogP contribution in [0.15, 0.2) is 60.7 Å². The van der Waals surface area contributed by atoms with E-state index in [9.17, 15) is 0 Å². The number of aryl methyl sites for hydroxylation is 1. The van der Waals surface area contributed by atoms with Crippen molar-refractivity contribution in [3.05, 3.63) is 71.8 Å². The zero-order chi connectivity index (χ0) is 22.9. The van der Waals surface area contributed by atoms with Gasteiger partial charge in [0.05, 0.1) is 0 Å². The number of hydrogen-bond acceptors (Lipinski definition) is 6. The average molecular weight is 433 g/mol. The van der Waals surface area contributed by atoms with Gasteiger partial charge in [0.25, 0.3) is 0 Å². The van der Waals surface area contributed by atoms with Crippen molar-refractivity contribution in [1.29, 1.82) is 0 Å². The second-order valence-electron chi connectivity index (χ2n) is 8.05. The Bertz CT molecular complexity index is 948. The number of nitrogens with zero attached hydrogens (tertiary/aromatic N) is 5. The summed E-state index contributed by atoms with van der Waals surface area (Å²) in [5, 5.41) is 3.43. The van der Waals surface area contributed by atoms with Crippen LogP contribution in [0.3, 0.4) is 0 Å². The van der Waals surface area contributed by atoms with E-state index in [1.54, 1.807) is 0 Å². The molecule has 0 saturated carbocycles. The lowest BCUT2D eigenvalue weighted by atomic mass is 10.2. The van der Waals surface area contributed by atoms with Gasteiger partial charge in [-0.25, -0.2) is 0 Å². The molecular weight excluding hydrogens is 396 g/mol. The van der Waals surface area contributed by atoms with Crippen LogP contribution in [0.1, 0.15) is 25.0 Å². The Morgan fingerprint density at radius 3 is 2.16 bits per heavy atom. The maximum absolute atomic E-state index is 4.82. The topological polar surface area (TPSA) is 47.5 Å². The molecule has 1 aliphatic heterocycles. The zero-order valence-electron chi connectivity index (χ0n) is 20.0. The molecule has 6 heteroatoms. The average Bonchev–Trinajstić information content (AvgIpc) is 2.83. The lowest BCUT2D eigenvalue weighted by molar-refractivity contribution is 0.249. The van der Waals surface area contributed by atoms with Gasteiger partial charge in [-0.3, -0.25) is 4.90 Å². The third-order valence-electron chi connectivity index (χ3n) is 5.39. The van der Waals surface area contributed by atoms with Crippen LogP contribution < -0.4 is 15.1 Å². The summed E-state index contributed by atoms with van der Waals surface area (Å²) in [6.07, 6.45) is 0. The largest absolute Gasteiger partial charge is 0.363 e. The van der Waals surface area contributed by atoms with Gasteiger partial charge in [0.15, 0.2) is 0 Å². The zero-order valence-corrected chi connectivity index (χ0v) is 20.0. The highest BCUT2D eigenvalue weighted by molar-refractivity contribution is 5.62. The van der Waals surface area contributed by atoms with E-state index in [1.165, 1.54) is 11.1 Å². The Balaban J connectivity index is 0.00000141. The van der Waals surface area contributed by atoms with Crippen molar-refractivity contribution in [3.63, 3.8) is 0 Å². The van der Waals surface area contributed by atoms with Crippen LogP contribution in [-0.2, 0) is 6.54 Å². The Hall–Kier alpha value is -3.12. The first-order chi connectivity index (χ1) is 15.6. The number of rotatable bonds is 6. The Labute approximate surface area is 192 Å². The fourth-order valence-corrected chi connectivity index (χ4v) is 3.59. The summed E-state index contributed by atoms with van der Waals surface area (Å²) in [7, 11) is 4.03. The maximum atomic E-state index is 4.82. The summed E-state index contributed by atoms with van der Waals surface area (Å²) in [6.45, 7) is 10.9. The van der Waals surface area contributed by atoms with Crippen molar-refractivity contribution in [3.8, 4) is 0 Å². The van der Waals surface area contributed by atoms with Crippen molar-refractivity contribution in [2.45, 2.75) is 27.3 Å². The fourth-order valence-electron chi connectivity index (χ4n) is 3.59. The first kappa shape index (κ1) is 23.5. The Kier molecular flexibility index (Phi) is 8.45. The molecule has 3 aromatic rings. The molecule has 1 aliphatic rings. The molecule has 4 rings (SSSR count). The monoisotopic (exact) mass is 432 g/mol. The predicted octanol–water partition coefficient (Wildman–Crippen LogP) is 4.94. The highest BCUT2D eigenvalue weighted by atomic mass is 15.3. The molecule has 0 unspecified atom stereocenters. The van der Waals surface area contributed by atoms with Crippen LogP contribution in [-0.4, -0.2) is 55.1 Å². The van der Waals surface area contributed by atoms with Crippen LogP contribution in [0.4, 0.5) is 23.3 Å². The molecule has 1 saturated heterocycles. The number of benzene rings is 2. The molecule has 0 amide bonds. The maximum Gasteiger partial charge on any atom is 0.229 e. The van der Waals surface area contributed by atoms with E-state index in [2.05, 4.69) is 76.6 Å². The quantitative estimate of drug-likeness (QED) is 0.595. The van der Waals surface area contributed by atoms with Crippen LogP contribution in [0.5, 0.6) is 0 Å². The first-order valence-corrected chi connectivity index (χ1v) is 11.5. The number of anilines is 4. The van der Waals surface area contributed by atoms with Crippen molar-refractivity contribution >= 4 is 23.3 Å². The van der Waals surface area contributed by atoms with Gasteiger partial charge in [0, 0.05) is 58.6 Å². The molecule has 1 N–H and O–H groups in total. The summed E-state index contributed by atoms with van der Waals surface area (Å²) >= 11 is 0. The minimum Gasteiger partial charge on any atom is -0.363 e. The van der Waals surface area contributed by atoms with Gasteiger partial charge in [-0.05, 0) is 24.6 Å². The third kappa shape index (κ3) is 6.44. The summed E-state index contributed by atoms with van der Waals surface area (Å²) in [5.41, 5.74) is 3.63. The van der Waals surface area contributed by atoms with E-state index in [4.69, 9.17) is 9.97 Å². The summed E-state index contributed by atoms with van der Waals surface area (Å²) < 4.78 is 0. The van der Waals surface area contributed by atoms with E-state index in [-0.39, 0.29) is 0 Å². The molecule has 1 fully saturated rings. The SMILES string of the molecule is CC.Cc1ccc(Nc2cc(N(C)C)nc(N3CCN(Cc4ccccc4)CC3)n2)cc1. The smallest absolute Gasteiger partial charge is 0.229 e. The van der Waals surface area contributed by atoms with Gasteiger partial charge < -0.3 is 15.1 Å². The summed E-state index contributed by atoms with van der Waals surface area (Å²) in [6, 6.07) is 21.0. The van der Waals surface area contributed by atoms with Gasteiger partial charge in [-0.2, -0.15) is 9.97 Å². The van der Waals surface area contributed by atoms with Crippen molar-refractivity contribution in [2.75, 3.05) is 55.4 Å². The second kappa shape index (κ2) is 11.5. The van der Waals surface area contributed by atoms with Crippen molar-refractivity contribution in [2.24, 2.45) is 0 Å². The molecule has 0 spiro atoms. The molecule has 170 valence electrons. The van der Waals surface area contributed by atoms with E-state index in [1.807, 2.05) is 38.9 Å². The van der Waals surface area contributed by atoms with Crippen LogP contribution >= 0.6 is 0 Å². The standard InChI is InChI=1S/C24H30N6.C2H6/c1-19-9-11-21(12-10-19)25-22-17-23(28(2)3)27-24(26-22)30-15-13-29(14-16-30)18-20-7-5-4-6-8-20;1-2/h4-12,17H,13-16,18H2,1-3H3,(H,25,26,27);1-2H3. The number of piperazine rings is 1. The highest BCUT2D eigenvalue weighted by Gasteiger charge is 2.20. The molecule has 2 heterocycles. The summed E-state index contributed by atoms with van der Waals surface area (Å²) in [4.78, 5) is 16.4. The number of hydrogen-bond donors (Lipinski definition) is 1. The van der Waals surface area contributed by atoms with Crippen LogP contribution in [0.2, 0.25) is 0 Å². The van der Waals surface area contributed by atoms with Crippen LogP contribution in [0.25, 0.3) is 0 Å². The molecular formula is C26H36N6. The molecule has 0 radical (unpaired) electrons. The molecule has 0 atom stereocenters. The normalized spacial score (nSPS) is 13.8. The predicted molar refractivity (Wildman–Crippen MR) is 136 cm³/mol. The molecule has 1 aromatic heterocycles. The Morgan fingerprint density at radius 2 is 1.53 bits per heavy atom. The summed E-state index contributed by atoms with van der Waals surface area (Å²) in [5.74, 6) is 2.51. The first-order valence-electron chi connectivity index (χ1n) is 11.5. The molecule has 32 heavy (non-hydrogen) atoms. The van der Waals surface area contributed by atoms with Gasteiger partial charge in [-0.1, -0.05) is 61.9 Å². The lowest BCUT2D eigenvalue weighted by Gasteiger charge is -2.35. The Morgan fingerprint density at radius 1 is 0.875 bits per heavy atom. The van der Waals surface area contributed by atoms with Crippen molar-refractivity contribution < 1.29 is 0 Å². The lowest BCUT2D eigenvalue weighted by Crippen LogP contribution is -2.46. The molecule has 0 bridgehead atoms. The highest BCUT2D eigenvalue weighted by Crippen LogP contribution is 2.23. The number of aromatic nitrogens is 2. The van der Waals surface area contributed by atoms with E-state index in [0.717, 1.165) is 56.0 Å². The van der Waals surface area contributed by atoms with Gasteiger partial charge >= 0.3 is 0 Å². The third-order valence-corrected chi connectivity index (χ3v) is 5.39. The molecule has 6 nitrogen and oxygen atoms in total. The number of nitrogens with one attached hydrogen (secondary N) is 1. The minimum absolute atomic E-state index is 0.787. The van der Waals surface area contributed by atoms with E-state index < -0.39 is 0 Å². The van der Waals surface area contributed by atoms with Gasteiger partial charge in [-0.15, -0.1) is 0 Å². The molecule has 2 aromatic carbocycles. The van der Waals surface area contributed by atoms with Gasteiger partial charge in [0.2, 0.25) is 5.95 Å². The van der Waals surface area contributed by atoms with Crippen LogP contribution in [0, 0.1) is 6.92 Å². The van der Waals surface area contributed by atoms with Gasteiger partial charge in [0.1, 0.15) is 11.6 Å². The fraction of sp³-hybridized carbons (Fsp3) is 0.385. The van der Waals surface area contributed by atoms with Crippen molar-refractivity contribution in [1.82, 2.24) is 14.9 Å². The van der Waals surface area contributed by atoms with E-state index >= 15 is 0 Å². The molecule has 0 aliphatic carbocycles. The minimum atomic E-state index is 0.787. The van der Waals surface area contributed by atoms with E-state index in [0.29, 0.717) is 0 Å².